The van der Waals surface area contributed by atoms with E-state index < -0.39 is 18.1 Å². The molecule has 1 N–H and O–H groups in total. The average Bonchev–Trinajstić information content (AvgIpc) is 3.16. The number of nitrogens with one attached hydrogen (secondary N) is 1. The van der Waals surface area contributed by atoms with E-state index in [1.54, 1.807) is 25.8 Å². The van der Waals surface area contributed by atoms with E-state index in [1.807, 2.05) is 0 Å². The van der Waals surface area contributed by atoms with Crippen molar-refractivity contribution >= 4 is 23.6 Å². The van der Waals surface area contributed by atoms with E-state index in [2.05, 4.69) is 5.32 Å². The zero-order valence-corrected chi connectivity index (χ0v) is 16.9. The Morgan fingerprint density at radius 2 is 1.59 bits per heavy atom. The summed E-state index contributed by atoms with van der Waals surface area (Å²) in [6.45, 7) is 6.74. The second kappa shape index (κ2) is 9.19. The molecule has 0 saturated carbocycles. The quantitative estimate of drug-likeness (QED) is 0.746. The molecule has 2 fully saturated rings. The van der Waals surface area contributed by atoms with Crippen LogP contribution in [-0.2, 0) is 19.2 Å². The summed E-state index contributed by atoms with van der Waals surface area (Å²) in [5.41, 5.74) is 0. The first-order valence-electron chi connectivity index (χ1n) is 9.87. The number of hydrogen-bond acceptors (Lipinski definition) is 4. The third-order valence-electron chi connectivity index (χ3n) is 5.67. The minimum atomic E-state index is -0.622. The van der Waals surface area contributed by atoms with Gasteiger partial charge in [-0.3, -0.25) is 19.2 Å². The molecule has 152 valence electrons. The number of carbonyl (C=O) groups excluding carboxylic acids is 4. The SMILES string of the molecule is CC(=O)N(C)[C@@H](C)C(=O)N1CCC[C@H]1C(=O)N[C@@H](C)C(=O)N1CCCCC1. The molecule has 8 heteroatoms. The molecule has 2 aliphatic heterocycles. The smallest absolute Gasteiger partial charge is 0.245 e. The Kier molecular flexibility index (Phi) is 7.21. The van der Waals surface area contributed by atoms with E-state index in [1.165, 1.54) is 16.7 Å². The van der Waals surface area contributed by atoms with Gasteiger partial charge in [-0.15, -0.1) is 0 Å². The van der Waals surface area contributed by atoms with Crippen LogP contribution in [0, 0.1) is 0 Å². The summed E-state index contributed by atoms with van der Waals surface area (Å²) in [5.74, 6) is -0.794. The van der Waals surface area contributed by atoms with Crippen LogP contribution in [0.3, 0.4) is 0 Å². The van der Waals surface area contributed by atoms with Crippen LogP contribution in [0.5, 0.6) is 0 Å². The fourth-order valence-electron chi connectivity index (χ4n) is 3.74. The Hall–Kier alpha value is -2.12. The van der Waals surface area contributed by atoms with Gasteiger partial charge in [-0.25, -0.2) is 0 Å². The maximum absolute atomic E-state index is 12.7. The van der Waals surface area contributed by atoms with Crippen LogP contribution in [0.1, 0.15) is 52.9 Å². The van der Waals surface area contributed by atoms with Crippen LogP contribution in [0.4, 0.5) is 0 Å². The molecule has 2 rings (SSSR count). The van der Waals surface area contributed by atoms with Gasteiger partial charge in [-0.05, 0) is 46.0 Å². The molecule has 4 amide bonds. The summed E-state index contributed by atoms with van der Waals surface area (Å²) in [6, 6.07) is -1.81. The number of rotatable bonds is 5. The summed E-state index contributed by atoms with van der Waals surface area (Å²) in [7, 11) is 1.58. The van der Waals surface area contributed by atoms with Crippen molar-refractivity contribution in [3.05, 3.63) is 0 Å². The summed E-state index contributed by atoms with van der Waals surface area (Å²) in [5, 5.41) is 2.79. The molecule has 0 aromatic rings. The zero-order valence-electron chi connectivity index (χ0n) is 16.9. The highest BCUT2D eigenvalue weighted by Crippen LogP contribution is 2.20. The van der Waals surface area contributed by atoms with Crippen LogP contribution in [0.25, 0.3) is 0 Å². The first-order chi connectivity index (χ1) is 12.7. The molecule has 2 saturated heterocycles. The van der Waals surface area contributed by atoms with Gasteiger partial charge in [0.1, 0.15) is 18.1 Å². The predicted molar refractivity (Wildman–Crippen MR) is 101 cm³/mol. The van der Waals surface area contributed by atoms with Crippen molar-refractivity contribution in [3.63, 3.8) is 0 Å². The number of likely N-dealkylation sites (N-methyl/N-ethyl adjacent to an activating group) is 1. The number of nitrogens with zero attached hydrogens (tertiary/aromatic N) is 3. The fourth-order valence-corrected chi connectivity index (χ4v) is 3.74. The standard InChI is InChI=1S/C19H32N4O4/c1-13(18(26)22-10-6-5-7-11-22)20-17(25)16-9-8-12-23(16)19(27)14(2)21(4)15(3)24/h13-14,16H,5-12H2,1-4H3,(H,20,25)/t13-,14-,16-/m0/s1. The first kappa shape index (κ1) is 21.2. The predicted octanol–water partition coefficient (Wildman–Crippen LogP) is 0.361. The van der Waals surface area contributed by atoms with E-state index in [-0.39, 0.29) is 23.6 Å². The van der Waals surface area contributed by atoms with Gasteiger partial charge in [-0.2, -0.15) is 0 Å². The summed E-state index contributed by atoms with van der Waals surface area (Å²) in [4.78, 5) is 54.2. The van der Waals surface area contributed by atoms with Crippen molar-refractivity contribution in [3.8, 4) is 0 Å². The van der Waals surface area contributed by atoms with Gasteiger partial charge in [0.05, 0.1) is 0 Å². The third kappa shape index (κ3) is 4.99. The zero-order chi connectivity index (χ0) is 20.1. The summed E-state index contributed by atoms with van der Waals surface area (Å²) < 4.78 is 0. The topological polar surface area (TPSA) is 90.0 Å². The van der Waals surface area contributed by atoms with E-state index >= 15 is 0 Å². The lowest BCUT2D eigenvalue weighted by molar-refractivity contribution is -0.146. The molecule has 0 aliphatic carbocycles. The maximum atomic E-state index is 12.7. The van der Waals surface area contributed by atoms with Crippen LogP contribution in [0.2, 0.25) is 0 Å². The average molecular weight is 380 g/mol. The number of amides is 4. The normalized spacial score (nSPS) is 22.1. The molecule has 27 heavy (non-hydrogen) atoms. The van der Waals surface area contributed by atoms with Crippen molar-refractivity contribution in [2.24, 2.45) is 0 Å². The Bertz CT molecular complexity index is 588. The monoisotopic (exact) mass is 380 g/mol. The molecule has 0 unspecified atom stereocenters. The maximum Gasteiger partial charge on any atom is 0.245 e. The van der Waals surface area contributed by atoms with Gasteiger partial charge in [0.2, 0.25) is 23.6 Å². The Morgan fingerprint density at radius 1 is 0.963 bits per heavy atom. The number of piperidine rings is 1. The van der Waals surface area contributed by atoms with Gasteiger partial charge in [0, 0.05) is 33.6 Å². The van der Waals surface area contributed by atoms with Crippen molar-refractivity contribution in [2.45, 2.75) is 71.0 Å². The Labute approximate surface area is 161 Å². The number of carbonyl (C=O) groups is 4. The van der Waals surface area contributed by atoms with Gasteiger partial charge in [0.25, 0.3) is 0 Å². The van der Waals surface area contributed by atoms with E-state index in [0.717, 1.165) is 38.8 Å². The molecule has 8 nitrogen and oxygen atoms in total. The molecule has 0 spiro atoms. The lowest BCUT2D eigenvalue weighted by Crippen LogP contribution is -2.55. The second-order valence-electron chi connectivity index (χ2n) is 7.61. The fraction of sp³-hybridized carbons (Fsp3) is 0.789. The van der Waals surface area contributed by atoms with Crippen LogP contribution >= 0.6 is 0 Å². The minimum absolute atomic E-state index is 0.0661. The van der Waals surface area contributed by atoms with Crippen LogP contribution in [0.15, 0.2) is 0 Å². The molecule has 2 aliphatic rings. The number of hydrogen-bond donors (Lipinski definition) is 1. The molecule has 3 atom stereocenters. The van der Waals surface area contributed by atoms with E-state index in [4.69, 9.17) is 0 Å². The Balaban J connectivity index is 1.96. The number of likely N-dealkylation sites (tertiary alicyclic amines) is 2. The van der Waals surface area contributed by atoms with E-state index in [0.29, 0.717) is 13.0 Å². The lowest BCUT2D eigenvalue weighted by Gasteiger charge is -2.32. The molecule has 0 bridgehead atoms. The minimum Gasteiger partial charge on any atom is -0.343 e. The lowest BCUT2D eigenvalue weighted by atomic mass is 10.1. The molecular weight excluding hydrogens is 348 g/mol. The van der Waals surface area contributed by atoms with Crippen molar-refractivity contribution in [1.82, 2.24) is 20.0 Å². The third-order valence-corrected chi connectivity index (χ3v) is 5.67. The molecule has 0 radical (unpaired) electrons. The van der Waals surface area contributed by atoms with Crippen molar-refractivity contribution in [1.29, 1.82) is 0 Å². The highest BCUT2D eigenvalue weighted by Gasteiger charge is 2.38. The molecule has 0 aromatic carbocycles. The van der Waals surface area contributed by atoms with Gasteiger partial charge in [-0.1, -0.05) is 0 Å². The van der Waals surface area contributed by atoms with Crippen LogP contribution in [-0.4, -0.2) is 83.1 Å². The van der Waals surface area contributed by atoms with Crippen molar-refractivity contribution in [2.75, 3.05) is 26.7 Å². The summed E-state index contributed by atoms with van der Waals surface area (Å²) >= 11 is 0. The Morgan fingerprint density at radius 3 is 2.19 bits per heavy atom. The van der Waals surface area contributed by atoms with Gasteiger partial charge < -0.3 is 20.0 Å². The van der Waals surface area contributed by atoms with E-state index in [9.17, 15) is 19.2 Å². The highest BCUT2D eigenvalue weighted by molar-refractivity contribution is 5.94. The van der Waals surface area contributed by atoms with Gasteiger partial charge in [0.15, 0.2) is 0 Å². The molecular formula is C19H32N4O4. The largest absolute Gasteiger partial charge is 0.343 e. The first-order valence-corrected chi connectivity index (χ1v) is 9.87. The second-order valence-corrected chi connectivity index (χ2v) is 7.61. The van der Waals surface area contributed by atoms with Crippen molar-refractivity contribution < 1.29 is 19.2 Å². The molecule has 0 aromatic heterocycles. The highest BCUT2D eigenvalue weighted by atomic mass is 16.2. The van der Waals surface area contributed by atoms with Gasteiger partial charge >= 0.3 is 0 Å². The molecule has 2 heterocycles. The summed E-state index contributed by atoms with van der Waals surface area (Å²) in [6.07, 6.45) is 4.43. The van der Waals surface area contributed by atoms with Crippen LogP contribution < -0.4 is 5.32 Å².